The molecule has 0 radical (unpaired) electrons. The Morgan fingerprint density at radius 2 is 1.70 bits per heavy atom. The van der Waals surface area contributed by atoms with Gasteiger partial charge in [0.25, 0.3) is 0 Å². The van der Waals surface area contributed by atoms with Gasteiger partial charge in [0, 0.05) is 38.8 Å². The zero-order valence-electron chi connectivity index (χ0n) is 12.5. The molecule has 0 aliphatic carbocycles. The first-order valence-corrected chi connectivity index (χ1v) is 9.58. The molecule has 2 fully saturated rings. The molecule has 5 nitrogen and oxygen atoms in total. The van der Waals surface area contributed by atoms with Gasteiger partial charge in [-0.05, 0) is 25.1 Å². The first-order chi connectivity index (χ1) is 10.5. The summed E-state index contributed by atoms with van der Waals surface area (Å²) < 4.78 is 27.1. The number of halogens is 3. The zero-order chi connectivity index (χ0) is 15.7. The van der Waals surface area contributed by atoms with Crippen molar-refractivity contribution in [2.45, 2.75) is 17.4 Å². The predicted octanol–water partition coefficient (Wildman–Crippen LogP) is 2.08. The van der Waals surface area contributed by atoms with Gasteiger partial charge in [0.05, 0.1) is 10.0 Å². The quantitative estimate of drug-likeness (QED) is 0.844. The lowest BCUT2D eigenvalue weighted by molar-refractivity contribution is 0.145. The van der Waals surface area contributed by atoms with Crippen molar-refractivity contribution in [1.82, 2.24) is 14.5 Å². The van der Waals surface area contributed by atoms with Crippen molar-refractivity contribution in [2.24, 2.45) is 0 Å². The number of sulfonamides is 1. The van der Waals surface area contributed by atoms with E-state index in [1.165, 1.54) is 4.31 Å². The molecule has 2 heterocycles. The Balaban J connectivity index is 0.00000192. The molecule has 9 heteroatoms. The smallest absolute Gasteiger partial charge is 0.246 e. The van der Waals surface area contributed by atoms with Crippen molar-refractivity contribution in [3.8, 4) is 0 Å². The molecule has 2 aliphatic heterocycles. The van der Waals surface area contributed by atoms with Gasteiger partial charge in [-0.3, -0.25) is 4.90 Å². The summed E-state index contributed by atoms with van der Waals surface area (Å²) >= 11 is 12.1. The topological polar surface area (TPSA) is 52.7 Å². The van der Waals surface area contributed by atoms with Crippen molar-refractivity contribution in [2.75, 3.05) is 39.3 Å². The number of nitrogens with zero attached hydrogens (tertiary/aromatic N) is 2. The highest BCUT2D eigenvalue weighted by Gasteiger charge is 2.34. The summed E-state index contributed by atoms with van der Waals surface area (Å²) in [4.78, 5) is 2.38. The van der Waals surface area contributed by atoms with E-state index in [-0.39, 0.29) is 27.3 Å². The molecule has 2 aliphatic rings. The Morgan fingerprint density at radius 1 is 1.09 bits per heavy atom. The van der Waals surface area contributed by atoms with E-state index in [9.17, 15) is 8.42 Å². The van der Waals surface area contributed by atoms with Crippen LogP contribution in [0.4, 0.5) is 0 Å². The average Bonchev–Trinajstić information content (AvgIpc) is 3.01. The third kappa shape index (κ3) is 3.95. The van der Waals surface area contributed by atoms with E-state index in [0.29, 0.717) is 19.1 Å². The van der Waals surface area contributed by atoms with E-state index in [0.717, 1.165) is 32.6 Å². The number of piperazine rings is 1. The van der Waals surface area contributed by atoms with Crippen molar-refractivity contribution in [3.05, 3.63) is 28.2 Å². The third-order valence-corrected chi connectivity index (χ3v) is 7.20. The van der Waals surface area contributed by atoms with Gasteiger partial charge in [0.2, 0.25) is 10.0 Å². The van der Waals surface area contributed by atoms with Crippen molar-refractivity contribution in [3.63, 3.8) is 0 Å². The fourth-order valence-corrected chi connectivity index (χ4v) is 5.63. The monoisotopic (exact) mass is 399 g/mol. The van der Waals surface area contributed by atoms with Crippen LogP contribution in [0.3, 0.4) is 0 Å². The van der Waals surface area contributed by atoms with Crippen LogP contribution in [0, 0.1) is 0 Å². The van der Waals surface area contributed by atoms with Crippen LogP contribution in [0.15, 0.2) is 23.1 Å². The van der Waals surface area contributed by atoms with Crippen LogP contribution in [0.25, 0.3) is 0 Å². The molecule has 3 rings (SSSR count). The maximum Gasteiger partial charge on any atom is 0.246 e. The van der Waals surface area contributed by atoms with Gasteiger partial charge >= 0.3 is 0 Å². The second-order valence-electron chi connectivity index (χ2n) is 5.64. The summed E-state index contributed by atoms with van der Waals surface area (Å²) in [6.45, 7) is 4.46. The van der Waals surface area contributed by atoms with Gasteiger partial charge in [-0.2, -0.15) is 4.31 Å². The molecule has 1 unspecified atom stereocenters. The minimum Gasteiger partial charge on any atom is -0.315 e. The highest BCUT2D eigenvalue weighted by Crippen LogP contribution is 2.32. The average molecular weight is 401 g/mol. The number of nitrogens with one attached hydrogen (secondary N) is 1. The van der Waals surface area contributed by atoms with Crippen molar-refractivity contribution >= 4 is 45.6 Å². The molecule has 2 saturated heterocycles. The minimum absolute atomic E-state index is 0. The maximum absolute atomic E-state index is 12.8. The van der Waals surface area contributed by atoms with Crippen LogP contribution in [0.5, 0.6) is 0 Å². The lowest BCUT2D eigenvalue weighted by Gasteiger charge is -2.37. The van der Waals surface area contributed by atoms with Crippen LogP contribution >= 0.6 is 35.6 Å². The summed E-state index contributed by atoms with van der Waals surface area (Å²) in [7, 11) is -3.64. The van der Waals surface area contributed by atoms with E-state index < -0.39 is 10.0 Å². The van der Waals surface area contributed by atoms with Crippen LogP contribution in [-0.2, 0) is 10.0 Å². The van der Waals surface area contributed by atoms with Crippen molar-refractivity contribution < 1.29 is 8.42 Å². The highest BCUT2D eigenvalue weighted by molar-refractivity contribution is 7.89. The van der Waals surface area contributed by atoms with Gasteiger partial charge in [0.1, 0.15) is 4.90 Å². The standard InChI is InChI=1S/C14H19Cl2N3O2S.ClH/c15-12-2-1-3-13(16)14(12)22(20,21)19-8-6-18(7-9-19)11-4-5-17-10-11;/h1-3,11,17H,4-10H2;1H. The Morgan fingerprint density at radius 3 is 2.22 bits per heavy atom. The zero-order valence-corrected chi connectivity index (χ0v) is 15.7. The molecule has 1 N–H and O–H groups in total. The Labute approximate surface area is 153 Å². The van der Waals surface area contributed by atoms with Crippen LogP contribution < -0.4 is 5.32 Å². The number of rotatable bonds is 3. The Kier molecular flexibility index (Phi) is 6.58. The molecule has 23 heavy (non-hydrogen) atoms. The van der Waals surface area contributed by atoms with Gasteiger partial charge in [-0.1, -0.05) is 29.3 Å². The van der Waals surface area contributed by atoms with Crippen LogP contribution in [-0.4, -0.2) is 62.9 Å². The molecule has 0 aromatic heterocycles. The summed E-state index contributed by atoms with van der Waals surface area (Å²) in [5.74, 6) is 0. The maximum atomic E-state index is 12.8. The fourth-order valence-electron chi connectivity index (χ4n) is 3.12. The molecule has 0 saturated carbocycles. The second kappa shape index (κ2) is 7.87. The van der Waals surface area contributed by atoms with Crippen molar-refractivity contribution in [1.29, 1.82) is 0 Å². The van der Waals surface area contributed by atoms with Crippen LogP contribution in [0.1, 0.15) is 6.42 Å². The van der Waals surface area contributed by atoms with E-state index in [2.05, 4.69) is 10.2 Å². The lowest BCUT2D eigenvalue weighted by Crippen LogP contribution is -2.52. The summed E-state index contributed by atoms with van der Waals surface area (Å²) in [6, 6.07) is 5.28. The van der Waals surface area contributed by atoms with Gasteiger partial charge in [0.15, 0.2) is 0 Å². The first kappa shape index (κ1) is 19.2. The summed E-state index contributed by atoms with van der Waals surface area (Å²) in [6.07, 6.45) is 1.13. The van der Waals surface area contributed by atoms with Gasteiger partial charge < -0.3 is 5.32 Å². The molecule has 0 spiro atoms. The normalized spacial score (nSPS) is 23.7. The fraction of sp³-hybridized carbons (Fsp3) is 0.571. The number of hydrogen-bond acceptors (Lipinski definition) is 4. The molecular weight excluding hydrogens is 381 g/mol. The molecule has 1 atom stereocenters. The minimum atomic E-state index is -3.64. The highest BCUT2D eigenvalue weighted by atomic mass is 35.5. The van der Waals surface area contributed by atoms with Crippen LogP contribution in [0.2, 0.25) is 10.0 Å². The molecule has 1 aromatic carbocycles. The SMILES string of the molecule is Cl.O=S(=O)(c1c(Cl)cccc1Cl)N1CCN(C2CCNC2)CC1. The van der Waals surface area contributed by atoms with Gasteiger partial charge in [-0.25, -0.2) is 8.42 Å². The molecule has 0 bridgehead atoms. The largest absolute Gasteiger partial charge is 0.315 e. The molecular formula is C14H20Cl3N3O2S. The van der Waals surface area contributed by atoms with Gasteiger partial charge in [-0.15, -0.1) is 12.4 Å². The lowest BCUT2D eigenvalue weighted by atomic mass is 10.2. The van der Waals surface area contributed by atoms with E-state index in [1.54, 1.807) is 18.2 Å². The predicted molar refractivity (Wildman–Crippen MR) is 95.3 cm³/mol. The second-order valence-corrected chi connectivity index (χ2v) is 8.33. The summed E-state index contributed by atoms with van der Waals surface area (Å²) in [5, 5.41) is 3.70. The first-order valence-electron chi connectivity index (χ1n) is 7.39. The number of hydrogen-bond donors (Lipinski definition) is 1. The molecule has 0 amide bonds. The third-order valence-electron chi connectivity index (χ3n) is 4.34. The molecule has 130 valence electrons. The van der Waals surface area contributed by atoms with E-state index >= 15 is 0 Å². The Hall–Kier alpha value is -0.0800. The van der Waals surface area contributed by atoms with E-state index in [4.69, 9.17) is 23.2 Å². The Bertz CT molecular complexity index is 622. The van der Waals surface area contributed by atoms with E-state index in [1.807, 2.05) is 0 Å². The molecule has 1 aromatic rings. The number of benzene rings is 1. The summed E-state index contributed by atoms with van der Waals surface area (Å²) in [5.41, 5.74) is 0.